The molecule has 0 N–H and O–H groups in total. The molecule has 4 rings (SSSR count). The fourth-order valence-corrected chi connectivity index (χ4v) is 4.01. The van der Waals surface area contributed by atoms with Crippen molar-refractivity contribution in [3.8, 4) is 11.3 Å². The van der Waals surface area contributed by atoms with E-state index in [1.54, 1.807) is 6.92 Å². The first-order chi connectivity index (χ1) is 12.1. The highest BCUT2D eigenvalue weighted by Crippen LogP contribution is 2.30. The van der Waals surface area contributed by atoms with Crippen molar-refractivity contribution < 1.29 is 9.53 Å². The van der Waals surface area contributed by atoms with E-state index in [0.29, 0.717) is 0 Å². The Morgan fingerprint density at radius 2 is 2.00 bits per heavy atom. The molecule has 0 bridgehead atoms. The molecule has 0 unspecified atom stereocenters. The molecule has 1 aliphatic heterocycles. The Hall–Kier alpha value is -2.24. The van der Waals surface area contributed by atoms with Gasteiger partial charge in [0.05, 0.1) is 29.3 Å². The molecule has 1 fully saturated rings. The summed E-state index contributed by atoms with van der Waals surface area (Å²) in [6.45, 7) is 7.14. The van der Waals surface area contributed by atoms with E-state index < -0.39 is 0 Å². The number of pyridine rings is 1. The molecule has 0 atom stereocenters. The lowest BCUT2D eigenvalue weighted by Crippen LogP contribution is -2.36. The maximum Gasteiger partial charge on any atom is 0.169 e. The number of fused-ring (bicyclic) bond motifs is 1. The van der Waals surface area contributed by atoms with Crippen molar-refractivity contribution in [3.05, 3.63) is 46.2 Å². The first-order valence-corrected chi connectivity index (χ1v) is 9.34. The molecule has 5 heteroatoms. The van der Waals surface area contributed by atoms with Crippen LogP contribution >= 0.6 is 11.3 Å². The number of ketones is 1. The summed E-state index contributed by atoms with van der Waals surface area (Å²) in [5.41, 5.74) is 5.35. The smallest absolute Gasteiger partial charge is 0.169 e. The van der Waals surface area contributed by atoms with Gasteiger partial charge in [0.1, 0.15) is 0 Å². The molecule has 0 spiro atoms. The number of morpholine rings is 1. The van der Waals surface area contributed by atoms with Crippen LogP contribution in [0.5, 0.6) is 0 Å². The van der Waals surface area contributed by atoms with Crippen LogP contribution in [0.25, 0.3) is 22.2 Å². The quantitative estimate of drug-likeness (QED) is 0.659. The maximum atomic E-state index is 11.5. The highest BCUT2D eigenvalue weighted by Gasteiger charge is 2.14. The number of Topliss-reactive ketones (excluding diaryl/α,β-unsaturated/α-hetero) is 1. The SMILES string of the molecule is CC(=O)c1cc(-c2cc(C)c3cc(N4CCOCC4)ccc3n2)cs1. The summed E-state index contributed by atoms with van der Waals surface area (Å²) in [5, 5.41) is 3.18. The van der Waals surface area contributed by atoms with Gasteiger partial charge in [-0.1, -0.05) is 0 Å². The molecule has 2 aromatic heterocycles. The Kier molecular flexibility index (Phi) is 4.27. The molecular formula is C20H20N2O2S. The Bertz CT molecular complexity index is 942. The van der Waals surface area contributed by atoms with E-state index in [2.05, 4.69) is 36.1 Å². The highest BCUT2D eigenvalue weighted by molar-refractivity contribution is 7.12. The number of rotatable bonds is 3. The van der Waals surface area contributed by atoms with Gasteiger partial charge in [-0.15, -0.1) is 11.3 Å². The molecule has 1 saturated heterocycles. The molecule has 0 radical (unpaired) electrons. The van der Waals surface area contributed by atoms with Crippen LogP contribution in [0.2, 0.25) is 0 Å². The van der Waals surface area contributed by atoms with Gasteiger partial charge in [-0.05, 0) is 49.7 Å². The normalized spacial score (nSPS) is 14.9. The molecule has 3 heterocycles. The van der Waals surface area contributed by atoms with E-state index in [1.165, 1.54) is 28.0 Å². The number of anilines is 1. The Labute approximate surface area is 151 Å². The van der Waals surface area contributed by atoms with Crippen LogP contribution in [0.3, 0.4) is 0 Å². The Morgan fingerprint density at radius 1 is 1.20 bits per heavy atom. The lowest BCUT2D eigenvalue weighted by molar-refractivity contribution is 0.102. The predicted octanol–water partition coefficient (Wildman–Crippen LogP) is 4.31. The monoisotopic (exact) mass is 352 g/mol. The molecule has 4 nitrogen and oxygen atoms in total. The van der Waals surface area contributed by atoms with Crippen LogP contribution in [0.1, 0.15) is 22.2 Å². The fraction of sp³-hybridized carbons (Fsp3) is 0.300. The van der Waals surface area contributed by atoms with Crippen LogP contribution in [0, 0.1) is 6.92 Å². The number of carbonyl (C=O) groups is 1. The average Bonchev–Trinajstić information content (AvgIpc) is 3.13. The predicted molar refractivity (Wildman–Crippen MR) is 103 cm³/mol. The number of benzene rings is 1. The number of hydrogen-bond acceptors (Lipinski definition) is 5. The lowest BCUT2D eigenvalue weighted by atomic mass is 10.1. The van der Waals surface area contributed by atoms with Gasteiger partial charge >= 0.3 is 0 Å². The van der Waals surface area contributed by atoms with E-state index >= 15 is 0 Å². The van der Waals surface area contributed by atoms with Crippen LogP contribution in [-0.4, -0.2) is 37.1 Å². The van der Waals surface area contributed by atoms with Crippen molar-refractivity contribution >= 4 is 33.7 Å². The summed E-state index contributed by atoms with van der Waals surface area (Å²) in [6.07, 6.45) is 0. The second-order valence-electron chi connectivity index (χ2n) is 6.38. The zero-order valence-electron chi connectivity index (χ0n) is 14.4. The second kappa shape index (κ2) is 6.58. The minimum atomic E-state index is 0.101. The summed E-state index contributed by atoms with van der Waals surface area (Å²) in [6, 6.07) is 10.5. The zero-order valence-corrected chi connectivity index (χ0v) is 15.2. The minimum Gasteiger partial charge on any atom is -0.378 e. The third-order valence-electron chi connectivity index (χ3n) is 4.62. The first kappa shape index (κ1) is 16.2. The van der Waals surface area contributed by atoms with Crippen molar-refractivity contribution in [2.24, 2.45) is 0 Å². The number of aryl methyl sites for hydroxylation is 1. The number of ether oxygens (including phenoxy) is 1. The van der Waals surface area contributed by atoms with Crippen molar-refractivity contribution in [1.29, 1.82) is 0 Å². The van der Waals surface area contributed by atoms with Gasteiger partial charge in [-0.25, -0.2) is 4.98 Å². The summed E-state index contributed by atoms with van der Waals surface area (Å²) >= 11 is 1.48. The lowest BCUT2D eigenvalue weighted by Gasteiger charge is -2.29. The van der Waals surface area contributed by atoms with Gasteiger partial charge in [0, 0.05) is 35.1 Å². The number of aromatic nitrogens is 1. The number of hydrogen-bond donors (Lipinski definition) is 0. The van der Waals surface area contributed by atoms with Crippen LogP contribution in [0.4, 0.5) is 5.69 Å². The average molecular weight is 352 g/mol. The van der Waals surface area contributed by atoms with E-state index in [0.717, 1.165) is 48.0 Å². The third-order valence-corrected chi connectivity index (χ3v) is 5.65. The maximum absolute atomic E-state index is 11.5. The Balaban J connectivity index is 1.73. The largest absolute Gasteiger partial charge is 0.378 e. The van der Waals surface area contributed by atoms with E-state index in [9.17, 15) is 4.79 Å². The topological polar surface area (TPSA) is 42.4 Å². The second-order valence-corrected chi connectivity index (χ2v) is 7.29. The molecule has 0 saturated carbocycles. The molecule has 0 amide bonds. The molecule has 0 aliphatic carbocycles. The fourth-order valence-electron chi connectivity index (χ4n) is 3.20. The van der Waals surface area contributed by atoms with Crippen LogP contribution in [-0.2, 0) is 4.74 Å². The van der Waals surface area contributed by atoms with Crippen molar-refractivity contribution in [3.63, 3.8) is 0 Å². The number of carbonyl (C=O) groups excluding carboxylic acids is 1. The third kappa shape index (κ3) is 3.17. The molecule has 1 aliphatic rings. The van der Waals surface area contributed by atoms with Gasteiger partial charge in [0.25, 0.3) is 0 Å². The molecule has 3 aromatic rings. The number of thiophene rings is 1. The van der Waals surface area contributed by atoms with Crippen LogP contribution < -0.4 is 4.90 Å². The molecule has 1 aromatic carbocycles. The Morgan fingerprint density at radius 3 is 2.72 bits per heavy atom. The van der Waals surface area contributed by atoms with Crippen LogP contribution in [0.15, 0.2) is 35.7 Å². The first-order valence-electron chi connectivity index (χ1n) is 8.46. The van der Waals surface area contributed by atoms with Crippen molar-refractivity contribution in [1.82, 2.24) is 4.98 Å². The van der Waals surface area contributed by atoms with Gasteiger partial charge in [-0.2, -0.15) is 0 Å². The van der Waals surface area contributed by atoms with Gasteiger partial charge < -0.3 is 9.64 Å². The van der Waals surface area contributed by atoms with Crippen molar-refractivity contribution in [2.45, 2.75) is 13.8 Å². The van der Waals surface area contributed by atoms with Gasteiger partial charge in [-0.3, -0.25) is 4.79 Å². The van der Waals surface area contributed by atoms with E-state index in [4.69, 9.17) is 9.72 Å². The van der Waals surface area contributed by atoms with E-state index in [-0.39, 0.29) is 5.78 Å². The highest BCUT2D eigenvalue weighted by atomic mass is 32.1. The van der Waals surface area contributed by atoms with E-state index in [1.807, 2.05) is 11.4 Å². The standard InChI is InChI=1S/C20H20N2O2S/c1-13-9-19(15-10-20(14(2)23)25-12-15)21-18-4-3-16(11-17(13)18)22-5-7-24-8-6-22/h3-4,9-12H,5-8H2,1-2H3. The summed E-state index contributed by atoms with van der Waals surface area (Å²) in [4.78, 5) is 19.5. The van der Waals surface area contributed by atoms with Gasteiger partial charge in [0.15, 0.2) is 5.78 Å². The molecule has 128 valence electrons. The summed E-state index contributed by atoms with van der Waals surface area (Å²) in [7, 11) is 0. The number of nitrogens with zero attached hydrogens (tertiary/aromatic N) is 2. The molecule has 25 heavy (non-hydrogen) atoms. The summed E-state index contributed by atoms with van der Waals surface area (Å²) in [5.74, 6) is 0.101. The van der Waals surface area contributed by atoms with Crippen molar-refractivity contribution in [2.75, 3.05) is 31.2 Å². The minimum absolute atomic E-state index is 0.101. The zero-order chi connectivity index (χ0) is 17.4. The van der Waals surface area contributed by atoms with Gasteiger partial charge in [0.2, 0.25) is 0 Å². The molecular weight excluding hydrogens is 332 g/mol. The summed E-state index contributed by atoms with van der Waals surface area (Å²) < 4.78 is 5.44.